The van der Waals surface area contributed by atoms with E-state index in [4.69, 9.17) is 4.74 Å². The molecule has 0 saturated carbocycles. The van der Waals surface area contributed by atoms with Gasteiger partial charge in [0.25, 0.3) is 5.91 Å². The Labute approximate surface area is 169 Å². The Balaban J connectivity index is 1.70. The molecule has 3 rings (SSSR count). The summed E-state index contributed by atoms with van der Waals surface area (Å²) in [5.74, 6) is 0.720. The van der Waals surface area contributed by atoms with E-state index >= 15 is 0 Å². The lowest BCUT2D eigenvalue weighted by molar-refractivity contribution is -0.128. The van der Waals surface area contributed by atoms with Crippen molar-refractivity contribution in [3.05, 3.63) is 64.2 Å². The van der Waals surface area contributed by atoms with Gasteiger partial charge in [0.2, 0.25) is 0 Å². The van der Waals surface area contributed by atoms with Crippen LogP contribution in [0.4, 0.5) is 0 Å². The Kier molecular flexibility index (Phi) is 6.77. The van der Waals surface area contributed by atoms with Crippen molar-refractivity contribution in [3.63, 3.8) is 0 Å². The van der Waals surface area contributed by atoms with Gasteiger partial charge in [0.15, 0.2) is 6.10 Å². The van der Waals surface area contributed by atoms with E-state index in [1.807, 2.05) is 25.1 Å². The summed E-state index contributed by atoms with van der Waals surface area (Å²) < 4.78 is 6.02. The highest BCUT2D eigenvalue weighted by Gasteiger charge is 2.23. The predicted molar refractivity (Wildman–Crippen MR) is 115 cm³/mol. The van der Waals surface area contributed by atoms with E-state index in [2.05, 4.69) is 44.3 Å². The largest absolute Gasteiger partial charge is 0.481 e. The Morgan fingerprint density at radius 1 is 0.964 bits per heavy atom. The van der Waals surface area contributed by atoms with Gasteiger partial charge in [0.1, 0.15) is 5.75 Å². The van der Waals surface area contributed by atoms with Gasteiger partial charge < -0.3 is 10.1 Å². The summed E-state index contributed by atoms with van der Waals surface area (Å²) in [6, 6.07) is 12.7. The average Bonchev–Trinajstić information content (AvgIpc) is 2.72. The molecule has 0 aromatic heterocycles. The highest BCUT2D eigenvalue weighted by Crippen LogP contribution is 2.26. The van der Waals surface area contributed by atoms with Gasteiger partial charge in [0.05, 0.1) is 6.04 Å². The maximum absolute atomic E-state index is 12.9. The van der Waals surface area contributed by atoms with Crippen LogP contribution in [0.5, 0.6) is 5.75 Å². The second kappa shape index (κ2) is 9.27. The molecule has 28 heavy (non-hydrogen) atoms. The molecular formula is C25H33NO2. The summed E-state index contributed by atoms with van der Waals surface area (Å²) in [4.78, 5) is 12.9. The zero-order chi connectivity index (χ0) is 20.1. The van der Waals surface area contributed by atoms with Gasteiger partial charge >= 0.3 is 0 Å². The van der Waals surface area contributed by atoms with Crippen molar-refractivity contribution in [1.82, 2.24) is 5.32 Å². The van der Waals surface area contributed by atoms with Crippen LogP contribution >= 0.6 is 0 Å². The summed E-state index contributed by atoms with van der Waals surface area (Å²) in [6.07, 6.45) is 5.91. The van der Waals surface area contributed by atoms with Gasteiger partial charge in [0, 0.05) is 0 Å². The van der Waals surface area contributed by atoms with Crippen molar-refractivity contribution in [1.29, 1.82) is 0 Å². The van der Waals surface area contributed by atoms with Gasteiger partial charge in [-0.3, -0.25) is 4.79 Å². The molecule has 0 aliphatic heterocycles. The predicted octanol–water partition coefficient (Wildman–Crippen LogP) is 5.61. The third-order valence-electron chi connectivity index (χ3n) is 5.92. The summed E-state index contributed by atoms with van der Waals surface area (Å²) in [5.41, 5.74) is 6.53. The molecule has 0 fully saturated rings. The van der Waals surface area contributed by atoms with Crippen LogP contribution in [-0.2, 0) is 17.6 Å². The quantitative estimate of drug-likeness (QED) is 0.679. The fourth-order valence-electron chi connectivity index (χ4n) is 3.93. The number of ether oxygens (including phenoxy) is 1. The summed E-state index contributed by atoms with van der Waals surface area (Å²) in [6.45, 7) is 8.25. The molecule has 1 aliphatic rings. The van der Waals surface area contributed by atoms with Crippen molar-refractivity contribution < 1.29 is 9.53 Å². The second-order valence-electron chi connectivity index (χ2n) is 7.97. The molecule has 150 valence electrons. The zero-order valence-electron chi connectivity index (χ0n) is 17.7. The van der Waals surface area contributed by atoms with Crippen molar-refractivity contribution in [2.75, 3.05) is 0 Å². The third kappa shape index (κ3) is 4.76. The van der Waals surface area contributed by atoms with Gasteiger partial charge in [-0.05, 0) is 92.3 Å². The molecule has 0 bridgehead atoms. The van der Waals surface area contributed by atoms with Crippen LogP contribution in [-0.4, -0.2) is 12.0 Å². The van der Waals surface area contributed by atoms with E-state index in [1.54, 1.807) is 0 Å². The van der Waals surface area contributed by atoms with Crippen molar-refractivity contribution in [3.8, 4) is 5.75 Å². The molecule has 0 unspecified atom stereocenters. The fraction of sp³-hybridized carbons (Fsp3) is 0.480. The standard InChI is InChI=1S/C25H33NO2/c1-5-23(21-13-12-19-9-7-8-10-20(19)16-21)26-25(27)24(6-2)28-22-14-11-17(3)18(4)15-22/h11-16,23-24H,5-10H2,1-4H3,(H,26,27)/t23-,24+/m0/s1. The minimum absolute atomic E-state index is 0.0251. The van der Waals surface area contributed by atoms with Crippen LogP contribution in [0.1, 0.15) is 73.4 Å². The van der Waals surface area contributed by atoms with Crippen LogP contribution in [0.3, 0.4) is 0 Å². The second-order valence-corrected chi connectivity index (χ2v) is 7.97. The first kappa shape index (κ1) is 20.4. The minimum atomic E-state index is -0.478. The Morgan fingerprint density at radius 3 is 2.39 bits per heavy atom. The van der Waals surface area contributed by atoms with Crippen molar-refractivity contribution in [2.45, 2.75) is 78.4 Å². The van der Waals surface area contributed by atoms with Crippen LogP contribution in [0, 0.1) is 13.8 Å². The van der Waals surface area contributed by atoms with E-state index in [-0.39, 0.29) is 11.9 Å². The maximum atomic E-state index is 12.9. The van der Waals surface area contributed by atoms with Gasteiger partial charge in [-0.15, -0.1) is 0 Å². The number of aryl methyl sites for hydroxylation is 4. The molecule has 1 aliphatic carbocycles. The average molecular weight is 380 g/mol. The minimum Gasteiger partial charge on any atom is -0.481 e. The molecule has 0 heterocycles. The Hall–Kier alpha value is -2.29. The number of amides is 1. The van der Waals surface area contributed by atoms with Crippen LogP contribution < -0.4 is 10.1 Å². The molecular weight excluding hydrogens is 346 g/mol. The van der Waals surface area contributed by atoms with E-state index in [1.165, 1.54) is 47.1 Å². The highest BCUT2D eigenvalue weighted by molar-refractivity contribution is 5.81. The number of benzene rings is 2. The van der Waals surface area contributed by atoms with Crippen LogP contribution in [0.25, 0.3) is 0 Å². The molecule has 2 aromatic rings. The molecule has 3 nitrogen and oxygen atoms in total. The lowest BCUT2D eigenvalue weighted by atomic mass is 9.88. The van der Waals surface area contributed by atoms with Gasteiger partial charge in [-0.2, -0.15) is 0 Å². The van der Waals surface area contributed by atoms with Crippen molar-refractivity contribution in [2.24, 2.45) is 0 Å². The smallest absolute Gasteiger partial charge is 0.261 e. The summed E-state index contributed by atoms with van der Waals surface area (Å²) in [7, 11) is 0. The lowest BCUT2D eigenvalue weighted by Gasteiger charge is -2.24. The molecule has 2 atom stereocenters. The molecule has 1 N–H and O–H groups in total. The maximum Gasteiger partial charge on any atom is 0.261 e. The number of hydrogen-bond acceptors (Lipinski definition) is 2. The first-order valence-electron chi connectivity index (χ1n) is 10.7. The van der Waals surface area contributed by atoms with Gasteiger partial charge in [-0.25, -0.2) is 0 Å². The van der Waals surface area contributed by atoms with E-state index in [9.17, 15) is 4.79 Å². The Morgan fingerprint density at radius 2 is 1.71 bits per heavy atom. The van der Waals surface area contributed by atoms with Gasteiger partial charge in [-0.1, -0.05) is 38.1 Å². The molecule has 1 amide bonds. The topological polar surface area (TPSA) is 38.3 Å². The van der Waals surface area contributed by atoms with Crippen molar-refractivity contribution >= 4 is 5.91 Å². The monoisotopic (exact) mass is 379 g/mol. The molecule has 2 aromatic carbocycles. The van der Waals surface area contributed by atoms with Crippen LogP contribution in [0.15, 0.2) is 36.4 Å². The molecule has 3 heteroatoms. The third-order valence-corrected chi connectivity index (χ3v) is 5.92. The SMILES string of the molecule is CC[C@H](NC(=O)[C@@H](CC)Oc1ccc(C)c(C)c1)c1ccc2c(c1)CCCC2. The molecule has 0 spiro atoms. The number of fused-ring (bicyclic) bond motifs is 1. The molecule has 0 saturated heterocycles. The fourth-order valence-corrected chi connectivity index (χ4v) is 3.93. The number of carbonyl (C=O) groups is 1. The van der Waals surface area contributed by atoms with E-state index in [0.717, 1.165) is 18.6 Å². The number of hydrogen-bond donors (Lipinski definition) is 1. The number of rotatable bonds is 7. The molecule has 0 radical (unpaired) electrons. The lowest BCUT2D eigenvalue weighted by Crippen LogP contribution is -2.40. The first-order valence-corrected chi connectivity index (χ1v) is 10.7. The van der Waals surface area contributed by atoms with E-state index < -0.39 is 6.10 Å². The highest BCUT2D eigenvalue weighted by atomic mass is 16.5. The van der Waals surface area contributed by atoms with E-state index in [0.29, 0.717) is 6.42 Å². The Bertz CT molecular complexity index is 827. The number of nitrogens with one attached hydrogen (secondary N) is 1. The van der Waals surface area contributed by atoms with Crippen LogP contribution in [0.2, 0.25) is 0 Å². The normalized spacial score (nSPS) is 15.4. The number of carbonyl (C=O) groups excluding carboxylic acids is 1. The zero-order valence-corrected chi connectivity index (χ0v) is 17.7. The summed E-state index contributed by atoms with van der Waals surface area (Å²) >= 11 is 0. The first-order chi connectivity index (χ1) is 13.5. The summed E-state index contributed by atoms with van der Waals surface area (Å²) in [5, 5.41) is 3.22.